The van der Waals surface area contributed by atoms with Crippen molar-refractivity contribution in [2.24, 2.45) is 0 Å². The number of aryl methyl sites for hydroxylation is 1. The lowest BCUT2D eigenvalue weighted by atomic mass is 10.1. The summed E-state index contributed by atoms with van der Waals surface area (Å²) in [6.07, 6.45) is 0. The van der Waals surface area contributed by atoms with Gasteiger partial charge >= 0.3 is 0 Å². The molecule has 0 saturated carbocycles. The quantitative estimate of drug-likeness (QED) is 0.367. The molecule has 0 saturated heterocycles. The van der Waals surface area contributed by atoms with Crippen molar-refractivity contribution in [3.8, 4) is 0 Å². The lowest BCUT2D eigenvalue weighted by Crippen LogP contribution is -2.30. The summed E-state index contributed by atoms with van der Waals surface area (Å²) >= 11 is 0. The van der Waals surface area contributed by atoms with Crippen LogP contribution in [0.2, 0.25) is 0 Å². The van der Waals surface area contributed by atoms with Crippen LogP contribution in [0.3, 0.4) is 0 Å². The number of carbonyl (C=O) groups excluding carboxylic acids is 2. The number of halogens is 3. The summed E-state index contributed by atoms with van der Waals surface area (Å²) in [5, 5.41) is 7.30. The summed E-state index contributed by atoms with van der Waals surface area (Å²) in [5.74, 6) is -4.36. The van der Waals surface area contributed by atoms with E-state index in [1.165, 1.54) is 19.2 Å². The predicted octanol–water partition coefficient (Wildman–Crippen LogP) is 2.67. The third-order valence-electron chi connectivity index (χ3n) is 4.08. The zero-order chi connectivity index (χ0) is 22.3. The maximum absolute atomic E-state index is 14.8. The van der Waals surface area contributed by atoms with Crippen molar-refractivity contribution in [2.45, 2.75) is 20.4 Å². The van der Waals surface area contributed by atoms with E-state index < -0.39 is 29.0 Å². The third kappa shape index (κ3) is 5.71. The molecule has 2 rings (SSSR count). The van der Waals surface area contributed by atoms with Gasteiger partial charge in [0.25, 0.3) is 5.91 Å². The second-order valence-electron chi connectivity index (χ2n) is 6.34. The van der Waals surface area contributed by atoms with Gasteiger partial charge in [-0.3, -0.25) is 14.4 Å². The maximum atomic E-state index is 14.8. The smallest absolute Gasteiger partial charge is 0.253 e. The summed E-state index contributed by atoms with van der Waals surface area (Å²) in [7, 11) is 1.33. The van der Waals surface area contributed by atoms with Crippen LogP contribution in [0.25, 0.3) is 0 Å². The minimum atomic E-state index is -1.35. The van der Waals surface area contributed by atoms with Gasteiger partial charge < -0.3 is 16.0 Å². The minimum absolute atomic E-state index is 0.111. The molecule has 0 aliphatic rings. The van der Waals surface area contributed by atoms with Crippen molar-refractivity contribution in [2.75, 3.05) is 25.5 Å². The number of rotatable bonds is 9. The standard InChI is InChI=1S/C20H23F3N4O3/c1-4-25-16(28)10-30-26-9-12-8-13(20(29)24-3)19(18(23)17(12)22)27-15-6-5-11(2)7-14(15)21/h5-8,26-27H,4,9-10H2,1-3H3,(H,24,29)(H,25,28). The Balaban J connectivity index is 2.29. The minimum Gasteiger partial charge on any atom is -0.355 e. The molecule has 0 aromatic heterocycles. The van der Waals surface area contributed by atoms with Gasteiger partial charge in [-0.05, 0) is 37.6 Å². The fourth-order valence-corrected chi connectivity index (χ4v) is 2.59. The molecule has 0 fully saturated rings. The number of hydroxylamine groups is 1. The third-order valence-corrected chi connectivity index (χ3v) is 4.08. The Morgan fingerprint density at radius 2 is 1.83 bits per heavy atom. The van der Waals surface area contributed by atoms with Gasteiger partial charge in [-0.1, -0.05) is 6.07 Å². The highest BCUT2D eigenvalue weighted by molar-refractivity contribution is 6.00. The van der Waals surface area contributed by atoms with Crippen molar-refractivity contribution >= 4 is 23.2 Å². The number of hydrogen-bond donors (Lipinski definition) is 4. The molecular formula is C20H23F3N4O3. The van der Waals surface area contributed by atoms with Crippen LogP contribution in [0.4, 0.5) is 24.5 Å². The van der Waals surface area contributed by atoms with Crippen LogP contribution < -0.4 is 21.4 Å². The molecule has 10 heteroatoms. The molecule has 2 amide bonds. The van der Waals surface area contributed by atoms with Gasteiger partial charge in [0.05, 0.1) is 16.9 Å². The highest BCUT2D eigenvalue weighted by atomic mass is 19.2. The van der Waals surface area contributed by atoms with E-state index in [9.17, 15) is 22.8 Å². The van der Waals surface area contributed by atoms with Crippen molar-refractivity contribution in [3.63, 3.8) is 0 Å². The van der Waals surface area contributed by atoms with Gasteiger partial charge in [0.2, 0.25) is 5.91 Å². The van der Waals surface area contributed by atoms with Crippen molar-refractivity contribution in [1.82, 2.24) is 16.1 Å². The van der Waals surface area contributed by atoms with Crippen LogP contribution in [0.5, 0.6) is 0 Å². The summed E-state index contributed by atoms with van der Waals surface area (Å²) in [6, 6.07) is 5.29. The zero-order valence-corrected chi connectivity index (χ0v) is 16.8. The molecule has 0 bridgehead atoms. The Morgan fingerprint density at radius 3 is 2.47 bits per heavy atom. The predicted molar refractivity (Wildman–Crippen MR) is 106 cm³/mol. The molecule has 0 aliphatic carbocycles. The second kappa shape index (κ2) is 10.6. The molecule has 2 aromatic rings. The molecule has 0 unspecified atom stereocenters. The lowest BCUT2D eigenvalue weighted by Gasteiger charge is -2.16. The van der Waals surface area contributed by atoms with E-state index in [4.69, 9.17) is 4.84 Å². The van der Waals surface area contributed by atoms with Gasteiger partial charge in [0, 0.05) is 25.7 Å². The van der Waals surface area contributed by atoms with E-state index in [0.29, 0.717) is 12.1 Å². The fourth-order valence-electron chi connectivity index (χ4n) is 2.59. The van der Waals surface area contributed by atoms with Crippen LogP contribution >= 0.6 is 0 Å². The van der Waals surface area contributed by atoms with Gasteiger partial charge in [0.15, 0.2) is 11.6 Å². The Morgan fingerprint density at radius 1 is 1.10 bits per heavy atom. The van der Waals surface area contributed by atoms with Gasteiger partial charge in [-0.15, -0.1) is 0 Å². The maximum Gasteiger partial charge on any atom is 0.253 e. The highest BCUT2D eigenvalue weighted by Crippen LogP contribution is 2.30. The number of carbonyl (C=O) groups is 2. The summed E-state index contributed by atoms with van der Waals surface area (Å²) < 4.78 is 43.5. The number of anilines is 2. The molecule has 2 aromatic carbocycles. The molecular weight excluding hydrogens is 401 g/mol. The summed E-state index contributed by atoms with van der Waals surface area (Å²) in [5.41, 5.74) is 1.95. The normalized spacial score (nSPS) is 10.6. The fraction of sp³-hybridized carbons (Fsp3) is 0.300. The molecule has 7 nitrogen and oxygen atoms in total. The first-order valence-corrected chi connectivity index (χ1v) is 9.15. The molecule has 0 heterocycles. The molecule has 0 aliphatic heterocycles. The number of amides is 2. The average molecular weight is 424 g/mol. The van der Waals surface area contributed by atoms with E-state index in [-0.39, 0.29) is 35.9 Å². The first-order valence-electron chi connectivity index (χ1n) is 9.15. The van der Waals surface area contributed by atoms with Crippen LogP contribution in [0.15, 0.2) is 24.3 Å². The Bertz CT molecular complexity index is 938. The number of benzene rings is 2. The SMILES string of the molecule is CCNC(=O)CONCc1cc(C(=O)NC)c(Nc2ccc(C)cc2F)c(F)c1F. The number of hydrogen-bond acceptors (Lipinski definition) is 5. The van der Waals surface area contributed by atoms with Crippen LogP contribution in [0, 0.1) is 24.4 Å². The lowest BCUT2D eigenvalue weighted by molar-refractivity contribution is -0.128. The summed E-state index contributed by atoms with van der Waals surface area (Å²) in [4.78, 5) is 28.5. The van der Waals surface area contributed by atoms with E-state index in [0.717, 1.165) is 6.07 Å². The second-order valence-corrected chi connectivity index (χ2v) is 6.34. The van der Waals surface area contributed by atoms with Crippen LogP contribution in [-0.2, 0) is 16.2 Å². The highest BCUT2D eigenvalue weighted by Gasteiger charge is 2.23. The first kappa shape index (κ1) is 23.2. The topological polar surface area (TPSA) is 91.5 Å². The van der Waals surface area contributed by atoms with Gasteiger partial charge in [-0.2, -0.15) is 5.48 Å². The van der Waals surface area contributed by atoms with Crippen molar-refractivity contribution in [1.29, 1.82) is 0 Å². The van der Waals surface area contributed by atoms with Crippen LogP contribution in [-0.4, -0.2) is 32.0 Å². The van der Waals surface area contributed by atoms with E-state index in [2.05, 4.69) is 21.4 Å². The molecule has 30 heavy (non-hydrogen) atoms. The Kier molecular flexibility index (Phi) is 8.19. The van der Waals surface area contributed by atoms with E-state index in [1.54, 1.807) is 19.9 Å². The van der Waals surface area contributed by atoms with E-state index >= 15 is 0 Å². The van der Waals surface area contributed by atoms with Crippen molar-refractivity contribution in [3.05, 3.63) is 58.4 Å². The first-order chi connectivity index (χ1) is 14.3. The van der Waals surface area contributed by atoms with Gasteiger partial charge in [-0.25, -0.2) is 13.2 Å². The molecule has 0 atom stereocenters. The van der Waals surface area contributed by atoms with Gasteiger partial charge in [0.1, 0.15) is 12.4 Å². The molecule has 162 valence electrons. The zero-order valence-electron chi connectivity index (χ0n) is 16.8. The number of nitrogens with one attached hydrogen (secondary N) is 4. The average Bonchev–Trinajstić information content (AvgIpc) is 2.71. The largest absolute Gasteiger partial charge is 0.355 e. The van der Waals surface area contributed by atoms with E-state index in [1.807, 2.05) is 0 Å². The van der Waals surface area contributed by atoms with Crippen LogP contribution in [0.1, 0.15) is 28.4 Å². The number of likely N-dealkylation sites (N-methyl/N-ethyl adjacent to an activating group) is 1. The van der Waals surface area contributed by atoms with Crippen molar-refractivity contribution < 1.29 is 27.6 Å². The summed E-state index contributed by atoms with van der Waals surface area (Å²) in [6.45, 7) is 3.20. The molecule has 0 spiro atoms. The Hall–Kier alpha value is -3.11. The molecule has 0 radical (unpaired) electrons. The Labute approximate surface area is 171 Å². The molecule has 4 N–H and O–H groups in total. The monoisotopic (exact) mass is 424 g/mol.